The Labute approximate surface area is 190 Å². The van der Waals surface area contributed by atoms with Gasteiger partial charge in [-0.05, 0) is 30.3 Å². The van der Waals surface area contributed by atoms with E-state index in [0.29, 0.717) is 11.1 Å². The molecule has 2 heterocycles. The molecule has 0 amide bonds. The topological polar surface area (TPSA) is 97.4 Å². The standard InChI is InChI=1S/C25H22O8/c1-29-22(28)18-17-12-13-25(33-21(27)16-10-6-3-7-11-16)14-30-24(19(17)25)32-23(18)31-20(26)15-8-4-2-5-9-15/h2-13,17-19,23-24H,14H2,1H3/t17-,18-,19-,23-,24-,25-/m1/s1. The van der Waals surface area contributed by atoms with Crippen LogP contribution in [0, 0.1) is 17.8 Å². The van der Waals surface area contributed by atoms with Gasteiger partial charge in [-0.2, -0.15) is 0 Å². The molecule has 0 N–H and O–H groups in total. The molecule has 170 valence electrons. The average Bonchev–Trinajstić information content (AvgIpc) is 3.39. The summed E-state index contributed by atoms with van der Waals surface area (Å²) >= 11 is 0. The van der Waals surface area contributed by atoms with Crippen LogP contribution < -0.4 is 0 Å². The van der Waals surface area contributed by atoms with Crippen LogP contribution in [0.3, 0.4) is 0 Å². The summed E-state index contributed by atoms with van der Waals surface area (Å²) in [6, 6.07) is 17.0. The maximum Gasteiger partial charge on any atom is 0.340 e. The van der Waals surface area contributed by atoms with Crippen molar-refractivity contribution in [1.82, 2.24) is 0 Å². The van der Waals surface area contributed by atoms with E-state index in [0.717, 1.165) is 0 Å². The molecule has 2 fully saturated rings. The summed E-state index contributed by atoms with van der Waals surface area (Å²) in [6.45, 7) is 0.0567. The Balaban J connectivity index is 1.40. The van der Waals surface area contributed by atoms with Gasteiger partial charge in [0, 0.05) is 5.92 Å². The van der Waals surface area contributed by atoms with Gasteiger partial charge in [-0.1, -0.05) is 42.5 Å². The summed E-state index contributed by atoms with van der Waals surface area (Å²) in [5.41, 5.74) is -0.362. The van der Waals surface area contributed by atoms with Gasteiger partial charge in [-0.15, -0.1) is 0 Å². The number of carbonyl (C=O) groups excluding carboxylic acids is 3. The molecule has 0 radical (unpaired) electrons. The largest absolute Gasteiger partial charge is 0.469 e. The molecule has 8 heteroatoms. The Morgan fingerprint density at radius 1 is 0.939 bits per heavy atom. The summed E-state index contributed by atoms with van der Waals surface area (Å²) < 4.78 is 28.2. The average molecular weight is 450 g/mol. The maximum absolute atomic E-state index is 12.8. The molecule has 0 aromatic heterocycles. The predicted molar refractivity (Wildman–Crippen MR) is 113 cm³/mol. The van der Waals surface area contributed by atoms with Gasteiger partial charge in [-0.25, -0.2) is 9.59 Å². The molecule has 2 aromatic rings. The molecule has 3 aliphatic rings. The number of methoxy groups -OCH3 is 1. The SMILES string of the molecule is COC(=O)[C@@H]1[C@H](OC(=O)c2ccccc2)O[C@H]2OC[C@]3(OC(=O)c4ccccc4)C=C[C@H]1[C@H]23. The van der Waals surface area contributed by atoms with E-state index in [1.165, 1.54) is 7.11 Å². The zero-order valence-corrected chi connectivity index (χ0v) is 17.8. The highest BCUT2D eigenvalue weighted by atomic mass is 16.8. The van der Waals surface area contributed by atoms with Crippen LogP contribution in [0.2, 0.25) is 0 Å². The Morgan fingerprint density at radius 3 is 2.21 bits per heavy atom. The van der Waals surface area contributed by atoms with Crippen molar-refractivity contribution in [2.24, 2.45) is 17.8 Å². The minimum Gasteiger partial charge on any atom is -0.469 e. The maximum atomic E-state index is 12.8. The van der Waals surface area contributed by atoms with Gasteiger partial charge in [0.15, 0.2) is 11.9 Å². The normalized spacial score (nSPS) is 31.5. The summed E-state index contributed by atoms with van der Waals surface area (Å²) in [6.07, 6.45) is 1.48. The highest BCUT2D eigenvalue weighted by Gasteiger charge is 2.65. The Kier molecular flexibility index (Phi) is 5.47. The van der Waals surface area contributed by atoms with E-state index in [9.17, 15) is 14.4 Å². The highest BCUT2D eigenvalue weighted by Crippen LogP contribution is 2.53. The first-order valence-corrected chi connectivity index (χ1v) is 10.6. The quantitative estimate of drug-likeness (QED) is 0.390. The minimum absolute atomic E-state index is 0.0567. The van der Waals surface area contributed by atoms with Gasteiger partial charge >= 0.3 is 17.9 Å². The third kappa shape index (κ3) is 3.71. The van der Waals surface area contributed by atoms with Crippen LogP contribution in [-0.2, 0) is 28.5 Å². The third-order valence-corrected chi connectivity index (χ3v) is 6.32. The van der Waals surface area contributed by atoms with Crippen LogP contribution >= 0.6 is 0 Å². The van der Waals surface area contributed by atoms with Gasteiger partial charge in [0.05, 0.1) is 30.8 Å². The molecule has 0 bridgehead atoms. The summed E-state index contributed by atoms with van der Waals surface area (Å²) in [7, 11) is 1.26. The van der Waals surface area contributed by atoms with Gasteiger partial charge < -0.3 is 23.7 Å². The molecule has 2 saturated heterocycles. The van der Waals surface area contributed by atoms with Crippen molar-refractivity contribution in [2.45, 2.75) is 18.2 Å². The number of benzene rings is 2. The first kappa shape index (κ1) is 21.4. The zero-order valence-electron chi connectivity index (χ0n) is 17.8. The molecule has 2 aliphatic heterocycles. The molecule has 0 unspecified atom stereocenters. The van der Waals surface area contributed by atoms with E-state index in [1.54, 1.807) is 66.7 Å². The molecule has 1 aliphatic carbocycles. The van der Waals surface area contributed by atoms with Crippen molar-refractivity contribution in [3.63, 3.8) is 0 Å². The first-order valence-electron chi connectivity index (χ1n) is 10.6. The van der Waals surface area contributed by atoms with Crippen molar-refractivity contribution in [3.8, 4) is 0 Å². The van der Waals surface area contributed by atoms with E-state index in [-0.39, 0.29) is 6.61 Å². The van der Waals surface area contributed by atoms with E-state index >= 15 is 0 Å². The van der Waals surface area contributed by atoms with Crippen LogP contribution in [0.5, 0.6) is 0 Å². The molecule has 33 heavy (non-hydrogen) atoms. The van der Waals surface area contributed by atoms with E-state index in [2.05, 4.69) is 0 Å². The fourth-order valence-corrected chi connectivity index (χ4v) is 4.76. The molecule has 2 aromatic carbocycles. The van der Waals surface area contributed by atoms with Crippen LogP contribution in [0.1, 0.15) is 20.7 Å². The third-order valence-electron chi connectivity index (χ3n) is 6.32. The fourth-order valence-electron chi connectivity index (χ4n) is 4.76. The molecule has 8 nitrogen and oxygen atoms in total. The number of esters is 3. The second-order valence-electron chi connectivity index (χ2n) is 8.18. The highest BCUT2D eigenvalue weighted by molar-refractivity contribution is 5.90. The number of hydrogen-bond donors (Lipinski definition) is 0. The fraction of sp³-hybridized carbons (Fsp3) is 0.320. The molecular formula is C25H22O8. The van der Waals surface area contributed by atoms with Crippen molar-refractivity contribution < 1.29 is 38.1 Å². The van der Waals surface area contributed by atoms with Crippen LogP contribution in [-0.4, -0.2) is 49.8 Å². The lowest BCUT2D eigenvalue weighted by molar-refractivity contribution is -0.279. The summed E-state index contributed by atoms with van der Waals surface area (Å²) in [5.74, 6) is -3.63. The number of allylic oxidation sites excluding steroid dienone is 1. The van der Waals surface area contributed by atoms with Crippen LogP contribution in [0.25, 0.3) is 0 Å². The van der Waals surface area contributed by atoms with Gasteiger partial charge in [0.25, 0.3) is 0 Å². The predicted octanol–water partition coefficient (Wildman–Crippen LogP) is 2.74. The summed E-state index contributed by atoms with van der Waals surface area (Å²) in [5, 5.41) is 0. The van der Waals surface area contributed by atoms with Crippen LogP contribution in [0.4, 0.5) is 0 Å². The lowest BCUT2D eigenvalue weighted by Crippen LogP contribution is -2.54. The smallest absolute Gasteiger partial charge is 0.340 e. The zero-order chi connectivity index (χ0) is 23.0. The molecule has 0 saturated carbocycles. The van der Waals surface area contributed by atoms with Gasteiger partial charge in [0.2, 0.25) is 6.29 Å². The summed E-state index contributed by atoms with van der Waals surface area (Å²) in [4.78, 5) is 38.2. The number of hydrogen-bond acceptors (Lipinski definition) is 8. The van der Waals surface area contributed by atoms with E-state index in [1.807, 2.05) is 6.07 Å². The lowest BCUT2D eigenvalue weighted by atomic mass is 9.76. The van der Waals surface area contributed by atoms with Crippen LogP contribution in [0.15, 0.2) is 72.8 Å². The lowest BCUT2D eigenvalue weighted by Gasteiger charge is -2.41. The van der Waals surface area contributed by atoms with Gasteiger partial charge in [-0.3, -0.25) is 4.79 Å². The monoisotopic (exact) mass is 450 g/mol. The van der Waals surface area contributed by atoms with Crippen molar-refractivity contribution >= 4 is 17.9 Å². The second-order valence-corrected chi connectivity index (χ2v) is 8.18. The Morgan fingerprint density at radius 2 is 1.58 bits per heavy atom. The second kappa shape index (κ2) is 8.46. The number of rotatable bonds is 5. The van der Waals surface area contributed by atoms with Crippen molar-refractivity contribution in [1.29, 1.82) is 0 Å². The number of ether oxygens (including phenoxy) is 5. The van der Waals surface area contributed by atoms with Crippen molar-refractivity contribution in [3.05, 3.63) is 83.9 Å². The van der Waals surface area contributed by atoms with E-state index < -0.39 is 53.8 Å². The molecular weight excluding hydrogens is 428 g/mol. The molecule has 0 spiro atoms. The molecule has 5 rings (SSSR count). The van der Waals surface area contributed by atoms with Gasteiger partial charge in [0.1, 0.15) is 5.92 Å². The Bertz CT molecular complexity index is 1080. The first-order chi connectivity index (χ1) is 16.0. The minimum atomic E-state index is -1.22. The Hall–Kier alpha value is -3.49. The van der Waals surface area contributed by atoms with E-state index in [4.69, 9.17) is 23.7 Å². The number of carbonyl (C=O) groups is 3. The van der Waals surface area contributed by atoms with Crippen molar-refractivity contribution in [2.75, 3.05) is 13.7 Å². The molecule has 6 atom stereocenters.